The molecule has 1 amide bonds. The molecule has 1 aliphatic carbocycles. The van der Waals surface area contributed by atoms with E-state index in [4.69, 9.17) is 14.6 Å². The van der Waals surface area contributed by atoms with E-state index < -0.39 is 15.7 Å². The van der Waals surface area contributed by atoms with Crippen molar-refractivity contribution in [1.82, 2.24) is 14.9 Å². The number of fused-ring (bicyclic) bond motifs is 1. The van der Waals surface area contributed by atoms with E-state index in [2.05, 4.69) is 25.3 Å². The number of oxime groups is 1. The minimum Gasteiger partial charge on any atom is -0.389 e. The van der Waals surface area contributed by atoms with Crippen LogP contribution in [0.15, 0.2) is 46.4 Å². The average Bonchev–Trinajstić information content (AvgIpc) is 3.52. The summed E-state index contributed by atoms with van der Waals surface area (Å²) in [6.07, 6.45) is 1.78. The van der Waals surface area contributed by atoms with Gasteiger partial charge in [-0.25, -0.2) is 18.4 Å². The first kappa shape index (κ1) is 27.4. The lowest BCUT2D eigenvalue weighted by atomic mass is 10.1. The lowest BCUT2D eigenvalue weighted by Gasteiger charge is -2.20. The molecule has 2 fully saturated rings. The molecule has 0 radical (unpaired) electrons. The topological polar surface area (TPSA) is 126 Å². The molecule has 0 unspecified atom stereocenters. The molecule has 0 spiro atoms. The van der Waals surface area contributed by atoms with Crippen molar-refractivity contribution in [3.63, 3.8) is 0 Å². The van der Waals surface area contributed by atoms with Crippen molar-refractivity contribution < 1.29 is 22.8 Å². The van der Waals surface area contributed by atoms with Gasteiger partial charge in [-0.1, -0.05) is 28.6 Å². The Morgan fingerprint density at radius 2 is 1.87 bits per heavy atom. The maximum atomic E-state index is 13.4. The number of carbonyl (C=O) groups is 1. The smallest absolute Gasteiger partial charge is 0.280 e. The van der Waals surface area contributed by atoms with Gasteiger partial charge in [-0.05, 0) is 51.2 Å². The molecule has 2 aliphatic rings. The van der Waals surface area contributed by atoms with Gasteiger partial charge in [0.25, 0.3) is 5.91 Å². The fraction of sp³-hybridized carbons (Fsp3) is 0.462. The van der Waals surface area contributed by atoms with Crippen molar-refractivity contribution in [2.75, 3.05) is 57.7 Å². The van der Waals surface area contributed by atoms with Gasteiger partial charge >= 0.3 is 0 Å². The number of ether oxygens (including phenoxy) is 1. The number of pyridine rings is 1. The second kappa shape index (κ2) is 11.5. The summed E-state index contributed by atoms with van der Waals surface area (Å²) >= 11 is 1.27. The van der Waals surface area contributed by atoms with E-state index in [0.717, 1.165) is 18.9 Å². The second-order valence-corrected chi connectivity index (χ2v) is 13.2. The van der Waals surface area contributed by atoms with Crippen LogP contribution >= 0.6 is 11.3 Å². The zero-order valence-electron chi connectivity index (χ0n) is 22.2. The van der Waals surface area contributed by atoms with E-state index in [-0.39, 0.29) is 22.0 Å². The minimum atomic E-state index is -3.34. The number of nitrogens with one attached hydrogen (secondary N) is 1. The van der Waals surface area contributed by atoms with Gasteiger partial charge in [0.15, 0.2) is 26.8 Å². The Labute approximate surface area is 231 Å². The average molecular weight is 573 g/mol. The quantitative estimate of drug-likeness (QED) is 0.273. The number of nitrogens with zero attached hydrogens (tertiary/aromatic N) is 5. The zero-order chi connectivity index (χ0) is 27.6. The van der Waals surface area contributed by atoms with Gasteiger partial charge in [0.05, 0.1) is 23.4 Å². The highest BCUT2D eigenvalue weighted by Crippen LogP contribution is 2.33. The molecule has 1 saturated heterocycles. The molecule has 0 bridgehead atoms. The normalized spacial score (nSPS) is 18.1. The predicted molar refractivity (Wildman–Crippen MR) is 151 cm³/mol. The summed E-state index contributed by atoms with van der Waals surface area (Å²) in [6, 6.07) is 9.98. The summed E-state index contributed by atoms with van der Waals surface area (Å²) in [5.74, 6) is 0.302. The lowest BCUT2D eigenvalue weighted by molar-refractivity contribution is -0.110. The van der Waals surface area contributed by atoms with E-state index in [0.29, 0.717) is 53.5 Å². The molecule has 2 aromatic heterocycles. The van der Waals surface area contributed by atoms with Crippen LogP contribution in [-0.4, -0.2) is 93.7 Å². The number of thiazole rings is 1. The van der Waals surface area contributed by atoms with Gasteiger partial charge in [0, 0.05) is 32.1 Å². The van der Waals surface area contributed by atoms with E-state index in [9.17, 15) is 13.2 Å². The molecule has 1 saturated carbocycles. The molecule has 13 heteroatoms. The Kier molecular flexibility index (Phi) is 8.12. The summed E-state index contributed by atoms with van der Waals surface area (Å²) in [5.41, 5.74) is 1.13. The maximum absolute atomic E-state index is 13.4. The first-order chi connectivity index (χ1) is 18.7. The van der Waals surface area contributed by atoms with Crippen LogP contribution < -0.4 is 10.2 Å². The van der Waals surface area contributed by atoms with Crippen LogP contribution in [0.5, 0.6) is 0 Å². The number of rotatable bonds is 11. The van der Waals surface area contributed by atoms with Gasteiger partial charge in [-0.3, -0.25) is 10.1 Å². The van der Waals surface area contributed by atoms with E-state index in [1.54, 1.807) is 12.1 Å². The molecule has 3 aromatic rings. The number of sulfone groups is 1. The first-order valence-corrected chi connectivity index (χ1v) is 15.2. The van der Waals surface area contributed by atoms with E-state index in [1.165, 1.54) is 23.5 Å². The Balaban J connectivity index is 1.36. The summed E-state index contributed by atoms with van der Waals surface area (Å²) in [4.78, 5) is 33.3. The summed E-state index contributed by atoms with van der Waals surface area (Å²) < 4.78 is 30.5. The minimum absolute atomic E-state index is 0.0218. The third kappa shape index (κ3) is 6.55. The molecular formula is C26H32N6O5S2. The molecule has 1 aliphatic heterocycles. The fourth-order valence-electron chi connectivity index (χ4n) is 4.02. The highest BCUT2D eigenvalue weighted by Gasteiger charge is 2.36. The van der Waals surface area contributed by atoms with Gasteiger partial charge in [0.1, 0.15) is 16.2 Å². The third-order valence-corrected chi connectivity index (χ3v) is 9.71. The predicted octanol–water partition coefficient (Wildman–Crippen LogP) is 2.77. The highest BCUT2D eigenvalue weighted by atomic mass is 32.2. The molecule has 1 aromatic carbocycles. The standard InChI is InChI=1S/C26H32N6O5S2/c1-31(2)13-14-32(3)22-11-10-21-25(28-22)38-26(27-21)29-24(33)23(30-37-18-12-15-36-16-18)17-4-6-19(7-5-17)39(34,35)20-8-9-20/h4-7,10-11,18,20H,8-9,12-16H2,1-3H3,(H,27,29,33)/t18-/m1/s1. The largest absolute Gasteiger partial charge is 0.389 e. The number of aromatic nitrogens is 2. The van der Waals surface area contributed by atoms with Crippen molar-refractivity contribution in [3.05, 3.63) is 42.0 Å². The van der Waals surface area contributed by atoms with Crippen molar-refractivity contribution in [2.24, 2.45) is 5.16 Å². The number of likely N-dealkylation sites (N-methyl/N-ethyl adjacent to an activating group) is 2. The summed E-state index contributed by atoms with van der Waals surface area (Å²) in [7, 11) is 2.69. The Bertz CT molecular complexity index is 1460. The van der Waals surface area contributed by atoms with Crippen LogP contribution in [0.1, 0.15) is 24.8 Å². The van der Waals surface area contributed by atoms with Crippen molar-refractivity contribution >= 4 is 54.1 Å². The van der Waals surface area contributed by atoms with Crippen LogP contribution in [0.25, 0.3) is 10.3 Å². The van der Waals surface area contributed by atoms with Crippen LogP contribution in [-0.2, 0) is 24.2 Å². The molecular weight excluding hydrogens is 540 g/mol. The number of hydrogen-bond acceptors (Lipinski definition) is 11. The number of carbonyl (C=O) groups excluding carboxylic acids is 1. The number of hydrogen-bond donors (Lipinski definition) is 1. The highest BCUT2D eigenvalue weighted by molar-refractivity contribution is 7.92. The number of anilines is 2. The molecule has 1 N–H and O–H groups in total. The van der Waals surface area contributed by atoms with Crippen LogP contribution in [0.3, 0.4) is 0 Å². The molecule has 208 valence electrons. The van der Waals surface area contributed by atoms with Gasteiger partial charge < -0.3 is 19.4 Å². The summed E-state index contributed by atoms with van der Waals surface area (Å²) in [6.45, 7) is 2.68. The molecule has 3 heterocycles. The molecule has 5 rings (SSSR count). The second-order valence-electron chi connectivity index (χ2n) is 9.99. The molecule has 39 heavy (non-hydrogen) atoms. The van der Waals surface area contributed by atoms with Gasteiger partial charge in [-0.15, -0.1) is 0 Å². The van der Waals surface area contributed by atoms with Crippen molar-refractivity contribution in [1.29, 1.82) is 0 Å². The Morgan fingerprint density at radius 1 is 1.10 bits per heavy atom. The zero-order valence-corrected chi connectivity index (χ0v) is 23.8. The van der Waals surface area contributed by atoms with Crippen LogP contribution in [0.4, 0.5) is 10.9 Å². The van der Waals surface area contributed by atoms with E-state index >= 15 is 0 Å². The monoisotopic (exact) mass is 572 g/mol. The lowest BCUT2D eigenvalue weighted by Crippen LogP contribution is -2.28. The summed E-state index contributed by atoms with van der Waals surface area (Å²) in [5, 5.41) is 7.04. The third-order valence-electron chi connectivity index (χ3n) is 6.55. The fourth-order valence-corrected chi connectivity index (χ4v) is 6.50. The van der Waals surface area contributed by atoms with Crippen LogP contribution in [0.2, 0.25) is 0 Å². The van der Waals surface area contributed by atoms with E-state index in [1.807, 2.05) is 33.3 Å². The Hall–Kier alpha value is -3.13. The Morgan fingerprint density at radius 3 is 2.54 bits per heavy atom. The van der Waals surface area contributed by atoms with Gasteiger partial charge in [-0.2, -0.15) is 0 Å². The number of amides is 1. The SMILES string of the molecule is CN(C)CCN(C)c1ccc2nc(NC(=O)C(=NO[C@@H]3CCOC3)c3ccc(S(=O)(=O)C4CC4)cc3)sc2n1. The van der Waals surface area contributed by atoms with Crippen LogP contribution in [0, 0.1) is 0 Å². The molecule has 11 nitrogen and oxygen atoms in total. The molecule has 1 atom stereocenters. The van der Waals surface area contributed by atoms with Gasteiger partial charge in [0.2, 0.25) is 0 Å². The number of benzene rings is 1. The van der Waals surface area contributed by atoms with Crippen molar-refractivity contribution in [3.8, 4) is 0 Å². The van der Waals surface area contributed by atoms with Crippen molar-refractivity contribution in [2.45, 2.75) is 35.5 Å². The first-order valence-electron chi connectivity index (χ1n) is 12.8. The maximum Gasteiger partial charge on any atom is 0.280 e.